The fraction of sp³-hybridized carbons (Fsp3) is 0.588. The van der Waals surface area contributed by atoms with Crippen molar-refractivity contribution in [3.63, 3.8) is 0 Å². The first-order valence-electron chi connectivity index (χ1n) is 8.68. The molecule has 1 fully saturated rings. The van der Waals surface area contributed by atoms with Crippen LogP contribution in [0.15, 0.2) is 30.3 Å². The van der Waals surface area contributed by atoms with Crippen molar-refractivity contribution in [2.75, 3.05) is 39.0 Å². The van der Waals surface area contributed by atoms with Crippen LogP contribution in [0.5, 0.6) is 0 Å². The minimum atomic E-state index is -3.21. The summed E-state index contributed by atoms with van der Waals surface area (Å²) in [5, 5.41) is 5.63. The minimum absolute atomic E-state index is 0.177. The molecule has 1 aliphatic heterocycles. The molecule has 1 heterocycles. The van der Waals surface area contributed by atoms with E-state index in [9.17, 15) is 13.2 Å². The number of carbonyl (C=O) groups excluding carboxylic acids is 1. The van der Waals surface area contributed by atoms with Crippen molar-refractivity contribution < 1.29 is 13.2 Å². The van der Waals surface area contributed by atoms with Gasteiger partial charge in [0.25, 0.3) is 0 Å². The first kappa shape index (κ1) is 19.7. The van der Waals surface area contributed by atoms with Gasteiger partial charge in [-0.25, -0.2) is 17.9 Å². The summed E-state index contributed by atoms with van der Waals surface area (Å²) in [5.41, 5.74) is 1.35. The van der Waals surface area contributed by atoms with Crippen molar-refractivity contribution in [1.29, 1.82) is 0 Å². The van der Waals surface area contributed by atoms with Crippen LogP contribution in [-0.2, 0) is 16.4 Å². The number of nitrogens with zero attached hydrogens (tertiary/aromatic N) is 1. The van der Waals surface area contributed by atoms with E-state index in [4.69, 9.17) is 0 Å². The van der Waals surface area contributed by atoms with Gasteiger partial charge in [0.15, 0.2) is 0 Å². The molecule has 3 N–H and O–H groups in total. The number of amides is 2. The number of nitrogens with one attached hydrogen (secondary N) is 3. The third-order valence-electron chi connectivity index (χ3n) is 4.26. The van der Waals surface area contributed by atoms with Crippen molar-refractivity contribution in [2.24, 2.45) is 0 Å². The Balaban J connectivity index is 1.57. The Kier molecular flexibility index (Phi) is 7.67. The smallest absolute Gasteiger partial charge is 0.315 e. The topological polar surface area (TPSA) is 90.5 Å². The highest BCUT2D eigenvalue weighted by molar-refractivity contribution is 7.88. The van der Waals surface area contributed by atoms with Crippen LogP contribution >= 0.6 is 0 Å². The number of hydrogen-bond acceptors (Lipinski definition) is 4. The highest BCUT2D eigenvalue weighted by Gasteiger charge is 2.20. The summed E-state index contributed by atoms with van der Waals surface area (Å²) in [6.45, 7) is 3.47. The summed E-state index contributed by atoms with van der Waals surface area (Å²) in [6, 6.07) is 10.4. The summed E-state index contributed by atoms with van der Waals surface area (Å²) in [6.07, 6.45) is 4.01. The van der Waals surface area contributed by atoms with Gasteiger partial charge < -0.3 is 15.5 Å². The zero-order valence-corrected chi connectivity index (χ0v) is 15.5. The van der Waals surface area contributed by atoms with Crippen LogP contribution in [0.3, 0.4) is 0 Å². The number of carbonyl (C=O) groups is 1. The van der Waals surface area contributed by atoms with Crippen LogP contribution < -0.4 is 15.4 Å². The van der Waals surface area contributed by atoms with Crippen molar-refractivity contribution in [2.45, 2.75) is 25.3 Å². The molecule has 0 unspecified atom stereocenters. The van der Waals surface area contributed by atoms with E-state index in [1.165, 1.54) is 5.56 Å². The zero-order valence-electron chi connectivity index (χ0n) is 14.7. The van der Waals surface area contributed by atoms with E-state index >= 15 is 0 Å². The minimum Gasteiger partial charge on any atom is -0.337 e. The molecule has 7 nitrogen and oxygen atoms in total. The Morgan fingerprint density at radius 1 is 1.16 bits per heavy atom. The first-order valence-corrected chi connectivity index (χ1v) is 10.6. The van der Waals surface area contributed by atoms with E-state index < -0.39 is 10.0 Å². The van der Waals surface area contributed by atoms with E-state index in [1.54, 1.807) is 0 Å². The molecule has 0 saturated carbocycles. The highest BCUT2D eigenvalue weighted by Crippen LogP contribution is 2.11. The lowest BCUT2D eigenvalue weighted by atomic mass is 10.0. The zero-order chi connectivity index (χ0) is 18.1. The average molecular weight is 369 g/mol. The third kappa shape index (κ3) is 8.33. The molecule has 0 spiro atoms. The second-order valence-electron chi connectivity index (χ2n) is 6.42. The van der Waals surface area contributed by atoms with Crippen molar-refractivity contribution in [1.82, 2.24) is 20.3 Å². The number of rotatable bonds is 8. The molecule has 0 aromatic heterocycles. The molecule has 8 heteroatoms. The number of hydrogen-bond donors (Lipinski definition) is 3. The molecule has 2 amide bonds. The van der Waals surface area contributed by atoms with Crippen LogP contribution in [0.25, 0.3) is 0 Å². The fourth-order valence-electron chi connectivity index (χ4n) is 2.88. The predicted octanol–water partition coefficient (Wildman–Crippen LogP) is 0.542. The van der Waals surface area contributed by atoms with Crippen LogP contribution in [0.2, 0.25) is 0 Å². The molecular weight excluding hydrogens is 340 g/mol. The van der Waals surface area contributed by atoms with Gasteiger partial charge in [-0.15, -0.1) is 0 Å². The van der Waals surface area contributed by atoms with E-state index in [-0.39, 0.29) is 25.2 Å². The van der Waals surface area contributed by atoms with Gasteiger partial charge in [-0.3, -0.25) is 0 Å². The normalized spacial score (nSPS) is 16.5. The summed E-state index contributed by atoms with van der Waals surface area (Å²) < 4.78 is 24.2. The van der Waals surface area contributed by atoms with E-state index in [1.807, 2.05) is 6.07 Å². The number of benzene rings is 1. The molecule has 0 aliphatic carbocycles. The van der Waals surface area contributed by atoms with Gasteiger partial charge in [0.1, 0.15) is 0 Å². The maximum atomic E-state index is 11.8. The molecular formula is C17H28N4O3S. The summed E-state index contributed by atoms with van der Waals surface area (Å²) in [4.78, 5) is 14.2. The number of piperidine rings is 1. The standard InChI is InChI=1S/C17H28N4O3S/c1-25(23,24)19-11-10-18-17(22)20-16-8-13-21(14-9-16)12-7-15-5-3-2-4-6-15/h2-6,16,19H,7-14H2,1H3,(H2,18,20,22). The molecule has 1 aliphatic rings. The number of sulfonamides is 1. The quantitative estimate of drug-likeness (QED) is 0.584. The molecule has 1 aromatic carbocycles. The Morgan fingerprint density at radius 3 is 2.48 bits per heavy atom. The second kappa shape index (κ2) is 9.74. The Morgan fingerprint density at radius 2 is 1.84 bits per heavy atom. The van der Waals surface area contributed by atoms with Crippen molar-refractivity contribution in [3.8, 4) is 0 Å². The molecule has 2 rings (SSSR count). The molecule has 0 bridgehead atoms. The monoisotopic (exact) mass is 368 g/mol. The SMILES string of the molecule is CS(=O)(=O)NCCNC(=O)NC1CCN(CCc2ccccc2)CC1. The average Bonchev–Trinajstić information content (AvgIpc) is 2.58. The first-order chi connectivity index (χ1) is 11.9. The maximum absolute atomic E-state index is 11.8. The van der Waals surface area contributed by atoms with Crippen LogP contribution in [0.4, 0.5) is 4.79 Å². The summed E-state index contributed by atoms with van der Waals surface area (Å²) >= 11 is 0. The lowest BCUT2D eigenvalue weighted by Crippen LogP contribution is -2.49. The lowest BCUT2D eigenvalue weighted by Gasteiger charge is -2.32. The van der Waals surface area contributed by atoms with Crippen LogP contribution in [-0.4, -0.2) is 64.4 Å². The van der Waals surface area contributed by atoms with Gasteiger partial charge in [0.2, 0.25) is 10.0 Å². The van der Waals surface area contributed by atoms with Gasteiger partial charge >= 0.3 is 6.03 Å². The van der Waals surface area contributed by atoms with E-state index in [0.29, 0.717) is 0 Å². The maximum Gasteiger partial charge on any atom is 0.315 e. The lowest BCUT2D eigenvalue weighted by molar-refractivity contribution is 0.194. The predicted molar refractivity (Wildman–Crippen MR) is 99.0 cm³/mol. The van der Waals surface area contributed by atoms with E-state index in [0.717, 1.165) is 45.2 Å². The fourth-order valence-corrected chi connectivity index (χ4v) is 3.35. The van der Waals surface area contributed by atoms with Gasteiger partial charge in [-0.05, 0) is 24.8 Å². The molecule has 25 heavy (non-hydrogen) atoms. The molecule has 140 valence electrons. The Hall–Kier alpha value is -1.64. The van der Waals surface area contributed by atoms with Gasteiger partial charge in [-0.2, -0.15) is 0 Å². The van der Waals surface area contributed by atoms with Gasteiger partial charge in [0, 0.05) is 38.8 Å². The molecule has 1 saturated heterocycles. The van der Waals surface area contributed by atoms with Crippen molar-refractivity contribution >= 4 is 16.1 Å². The van der Waals surface area contributed by atoms with Crippen molar-refractivity contribution in [3.05, 3.63) is 35.9 Å². The molecule has 0 atom stereocenters. The van der Waals surface area contributed by atoms with Gasteiger partial charge in [0.05, 0.1) is 6.26 Å². The van der Waals surface area contributed by atoms with E-state index in [2.05, 4.69) is 44.5 Å². The van der Waals surface area contributed by atoms with Crippen LogP contribution in [0, 0.1) is 0 Å². The summed E-state index contributed by atoms with van der Waals surface area (Å²) in [7, 11) is -3.21. The largest absolute Gasteiger partial charge is 0.337 e. The van der Waals surface area contributed by atoms with Crippen LogP contribution in [0.1, 0.15) is 18.4 Å². The summed E-state index contributed by atoms with van der Waals surface area (Å²) in [5.74, 6) is 0. The Bertz CT molecular complexity index is 629. The third-order valence-corrected chi connectivity index (χ3v) is 4.99. The molecule has 0 radical (unpaired) electrons. The number of likely N-dealkylation sites (tertiary alicyclic amines) is 1. The second-order valence-corrected chi connectivity index (χ2v) is 8.25. The van der Waals surface area contributed by atoms with Gasteiger partial charge in [-0.1, -0.05) is 30.3 Å². The Labute approximate surface area is 150 Å². The number of urea groups is 1. The highest BCUT2D eigenvalue weighted by atomic mass is 32.2. The molecule has 1 aromatic rings.